The molecule has 1 aliphatic heterocycles. The number of amidine groups is 1. The van der Waals surface area contributed by atoms with E-state index in [0.717, 1.165) is 0 Å². The van der Waals surface area contributed by atoms with Gasteiger partial charge in [0.25, 0.3) is 0 Å². The third-order valence-corrected chi connectivity index (χ3v) is 3.48. The third-order valence-electron chi connectivity index (χ3n) is 1.30. The van der Waals surface area contributed by atoms with Gasteiger partial charge in [0.1, 0.15) is 6.34 Å². The van der Waals surface area contributed by atoms with Crippen LogP contribution in [0.3, 0.4) is 0 Å². The highest BCUT2D eigenvalue weighted by atomic mass is 31.1. The molecule has 0 aromatic rings. The van der Waals surface area contributed by atoms with E-state index >= 15 is 0 Å². The summed E-state index contributed by atoms with van der Waals surface area (Å²) in [4.78, 5) is 37.9. The lowest BCUT2D eigenvalue weighted by Crippen LogP contribution is -2.32. The molecule has 0 aromatic heterocycles. The average Bonchev–Trinajstić information content (AvgIpc) is 2.16. The Balaban J connectivity index is 3.04. The van der Waals surface area contributed by atoms with Crippen LogP contribution in [0.5, 0.6) is 0 Å². The van der Waals surface area contributed by atoms with Gasteiger partial charge in [-0.3, -0.25) is 0 Å². The Morgan fingerprint density at radius 2 is 1.87 bits per heavy atom. The molecule has 0 aromatic carbocycles. The van der Waals surface area contributed by atoms with Gasteiger partial charge < -0.3 is 14.7 Å². The molecule has 4 unspecified atom stereocenters. The normalized spacial score (nSPS) is 23.4. The number of aliphatic imine (C=N–C) groups is 2. The van der Waals surface area contributed by atoms with Crippen LogP contribution in [0.1, 0.15) is 0 Å². The molecule has 0 radical (unpaired) electrons. The molecule has 0 N–H and O–H groups in total. The topological polar surface area (TPSA) is 148 Å². The van der Waals surface area contributed by atoms with E-state index in [0.29, 0.717) is 11.0 Å². The molecule has 1 aliphatic rings. The fourth-order valence-electron chi connectivity index (χ4n) is 0.731. The highest BCUT2D eigenvalue weighted by Crippen LogP contribution is 2.34. The first kappa shape index (κ1) is 12.4. The van der Waals surface area contributed by atoms with E-state index in [1.54, 1.807) is 0 Å². The van der Waals surface area contributed by atoms with Crippen LogP contribution in [-0.2, 0) is 13.7 Å². The number of hydrogen-bond acceptors (Lipinski definition) is 8. The van der Waals surface area contributed by atoms with E-state index < -0.39 is 35.7 Å². The molecule has 0 aliphatic carbocycles. The second-order valence-corrected chi connectivity index (χ2v) is 5.06. The monoisotopic (exact) mass is 269 g/mol. The van der Waals surface area contributed by atoms with E-state index in [1.807, 2.05) is 0 Å². The van der Waals surface area contributed by atoms with Gasteiger partial charge in [0.2, 0.25) is 0 Å². The molecule has 1 rings (SSSR count). The minimum Gasteiger partial charge on any atom is -0.592 e. The van der Waals surface area contributed by atoms with Crippen LogP contribution in [0, 0.1) is 0 Å². The number of nitrogens with zero attached hydrogens (tertiary/aromatic N) is 3. The second-order valence-electron chi connectivity index (χ2n) is 2.18. The highest BCUT2D eigenvalue weighted by molar-refractivity contribution is 7.57. The minimum atomic E-state index is -3.25. The predicted octanol–water partition coefficient (Wildman–Crippen LogP) is -1.81. The quantitative estimate of drug-likeness (QED) is 0.548. The zero-order chi connectivity index (χ0) is 11.6. The molecule has 15 heavy (non-hydrogen) atoms. The number of hydrogen-bond donors (Lipinski definition) is 0. The maximum Gasteiger partial charge on any atom is 0.447 e. The summed E-state index contributed by atoms with van der Waals surface area (Å²) in [6.07, 6.45) is 0.592. The zero-order valence-electron chi connectivity index (χ0n) is 6.79. The van der Waals surface area contributed by atoms with Crippen molar-refractivity contribution in [3.63, 3.8) is 0 Å². The molecule has 0 spiro atoms. The summed E-state index contributed by atoms with van der Waals surface area (Å²) in [7, 11) is -9.63. The highest BCUT2D eigenvalue weighted by Gasteiger charge is 2.41. The first-order chi connectivity index (χ1) is 6.93. The summed E-state index contributed by atoms with van der Waals surface area (Å²) in [6, 6.07) is 0. The molecular weight excluding hydrogens is 267 g/mol. The Hall–Kier alpha value is -0.680. The fourth-order valence-corrected chi connectivity index (χ4v) is 2.49. The summed E-state index contributed by atoms with van der Waals surface area (Å²) in [6.45, 7) is 0. The van der Waals surface area contributed by atoms with E-state index in [-0.39, 0.29) is 0 Å². The summed E-state index contributed by atoms with van der Waals surface area (Å²) < 4.78 is 31.9. The van der Waals surface area contributed by atoms with E-state index in [4.69, 9.17) is 0 Å². The smallest absolute Gasteiger partial charge is 0.447 e. The standard InChI is InChI=1S/C3H2N3O6P3/c7-13(8)2-4-1-6(15(11)12)3(5-2)14(9)10/h1,3H. The van der Waals surface area contributed by atoms with Crippen molar-refractivity contribution >= 4 is 36.1 Å². The van der Waals surface area contributed by atoms with Crippen LogP contribution < -0.4 is 14.7 Å². The molecule has 0 saturated carbocycles. The van der Waals surface area contributed by atoms with Crippen molar-refractivity contribution in [2.45, 2.75) is 5.91 Å². The lowest BCUT2D eigenvalue weighted by Gasteiger charge is -2.12. The predicted molar refractivity (Wildman–Crippen MR) is 44.4 cm³/mol. The van der Waals surface area contributed by atoms with Crippen molar-refractivity contribution < 1.29 is 28.4 Å². The summed E-state index contributed by atoms with van der Waals surface area (Å²) in [5.74, 6) is -1.78. The Morgan fingerprint density at radius 1 is 1.27 bits per heavy atom. The van der Waals surface area contributed by atoms with Gasteiger partial charge in [-0.1, -0.05) is 13.8 Å². The van der Waals surface area contributed by atoms with Gasteiger partial charge in [0.05, 0.1) is 0 Å². The average molecular weight is 269 g/mol. The van der Waals surface area contributed by atoms with Gasteiger partial charge in [-0.05, 0) is 4.57 Å². The van der Waals surface area contributed by atoms with Crippen LogP contribution >= 0.6 is 24.2 Å². The minimum absolute atomic E-state index is 0.323. The molecule has 1 heterocycles. The Morgan fingerprint density at radius 3 is 2.27 bits per heavy atom. The van der Waals surface area contributed by atoms with Gasteiger partial charge in [0, 0.05) is 0 Å². The van der Waals surface area contributed by atoms with Gasteiger partial charge in [0.15, 0.2) is 0 Å². The summed E-state index contributed by atoms with van der Waals surface area (Å²) in [5.41, 5.74) is -0.720. The van der Waals surface area contributed by atoms with Crippen LogP contribution in [0.15, 0.2) is 9.98 Å². The zero-order valence-corrected chi connectivity index (χ0v) is 9.47. The SMILES string of the molecule is O=[P+]([O-])C1=NC([P+](=O)[O-])N([P+](=O)[O-])C=N1. The number of rotatable bonds is 3. The molecule has 4 atom stereocenters. The van der Waals surface area contributed by atoms with E-state index in [9.17, 15) is 28.4 Å². The van der Waals surface area contributed by atoms with E-state index in [2.05, 4.69) is 9.98 Å². The van der Waals surface area contributed by atoms with Crippen molar-refractivity contribution in [1.82, 2.24) is 4.67 Å². The Bertz CT molecular complexity index is 392. The third kappa shape index (κ3) is 2.89. The van der Waals surface area contributed by atoms with Crippen molar-refractivity contribution in [3.05, 3.63) is 0 Å². The van der Waals surface area contributed by atoms with Crippen LogP contribution in [0.25, 0.3) is 0 Å². The van der Waals surface area contributed by atoms with Crippen molar-refractivity contribution in [1.29, 1.82) is 0 Å². The molecule has 80 valence electrons. The van der Waals surface area contributed by atoms with Gasteiger partial charge in [-0.25, -0.2) is 0 Å². The second kappa shape index (κ2) is 4.90. The Labute approximate surface area is 85.8 Å². The van der Waals surface area contributed by atoms with Gasteiger partial charge >= 0.3 is 35.7 Å². The molecule has 0 saturated heterocycles. The van der Waals surface area contributed by atoms with Crippen LogP contribution in [0.4, 0.5) is 0 Å². The maximum absolute atomic E-state index is 10.6. The Kier molecular flexibility index (Phi) is 4.04. The lowest BCUT2D eigenvalue weighted by molar-refractivity contribution is -0.179. The summed E-state index contributed by atoms with van der Waals surface area (Å²) >= 11 is 0. The molecule has 9 nitrogen and oxygen atoms in total. The van der Waals surface area contributed by atoms with Crippen molar-refractivity contribution in [3.8, 4) is 0 Å². The molecule has 0 fully saturated rings. The van der Waals surface area contributed by atoms with Crippen molar-refractivity contribution in [2.75, 3.05) is 0 Å². The van der Waals surface area contributed by atoms with Gasteiger partial charge in [-0.15, -0.1) is 4.99 Å². The van der Waals surface area contributed by atoms with Gasteiger partial charge in [-0.2, -0.15) is 4.99 Å². The van der Waals surface area contributed by atoms with Crippen LogP contribution in [-0.4, -0.2) is 22.5 Å². The lowest BCUT2D eigenvalue weighted by atomic mass is 10.9. The summed E-state index contributed by atoms with van der Waals surface area (Å²) in [5, 5.41) is 0. The maximum atomic E-state index is 10.6. The first-order valence-corrected chi connectivity index (χ1v) is 6.81. The molecule has 0 amide bonds. The largest absolute Gasteiger partial charge is 0.592 e. The fraction of sp³-hybridized carbons (Fsp3) is 0.333. The molecular formula is C3H2N3O6P3. The molecule has 0 bridgehead atoms. The molecule has 12 heteroatoms. The van der Waals surface area contributed by atoms with Crippen LogP contribution in [0.2, 0.25) is 0 Å². The van der Waals surface area contributed by atoms with Crippen molar-refractivity contribution in [2.24, 2.45) is 9.98 Å². The van der Waals surface area contributed by atoms with E-state index in [1.165, 1.54) is 0 Å². The first-order valence-electron chi connectivity index (χ1n) is 3.26.